The molecule has 7 heteroatoms. The Hall–Kier alpha value is -2.15. The van der Waals surface area contributed by atoms with Crippen molar-refractivity contribution >= 4 is 21.8 Å². The molecule has 0 aliphatic heterocycles. The van der Waals surface area contributed by atoms with Gasteiger partial charge in [-0.3, -0.25) is 0 Å². The predicted octanol–water partition coefficient (Wildman–Crippen LogP) is 2.87. The van der Waals surface area contributed by atoms with Crippen LogP contribution in [0.3, 0.4) is 0 Å². The number of halogens is 2. The number of nitrogens with two attached hydrogens (primary N) is 1. The maximum atomic E-state index is 13.2. The maximum Gasteiger partial charge on any atom is 0.230 e. The molecule has 2 rings (SSSR count). The van der Waals surface area contributed by atoms with E-state index < -0.39 is 5.82 Å². The highest BCUT2D eigenvalue weighted by Gasteiger charge is 2.11. The zero-order valence-corrected chi connectivity index (χ0v) is 11.1. The predicted molar refractivity (Wildman–Crippen MR) is 70.9 cm³/mol. The van der Waals surface area contributed by atoms with Gasteiger partial charge in [-0.15, -0.1) is 0 Å². The second-order valence-corrected chi connectivity index (χ2v) is 4.46. The zero-order chi connectivity index (χ0) is 13.8. The van der Waals surface area contributed by atoms with Crippen LogP contribution < -0.4 is 10.5 Å². The first-order valence-electron chi connectivity index (χ1n) is 5.17. The third-order valence-electron chi connectivity index (χ3n) is 2.21. The summed E-state index contributed by atoms with van der Waals surface area (Å²) < 4.78 is 19.2. The van der Waals surface area contributed by atoms with Gasteiger partial charge in [0.15, 0.2) is 5.84 Å². The van der Waals surface area contributed by atoms with Crippen molar-refractivity contribution in [1.29, 1.82) is 0 Å². The molecule has 0 atom stereocenters. The van der Waals surface area contributed by atoms with Gasteiger partial charge in [-0.2, -0.15) is 0 Å². The van der Waals surface area contributed by atoms with Crippen molar-refractivity contribution in [1.82, 2.24) is 4.98 Å². The van der Waals surface area contributed by atoms with Crippen LogP contribution in [0.1, 0.15) is 5.56 Å². The fourth-order valence-corrected chi connectivity index (χ4v) is 1.86. The first-order chi connectivity index (χ1) is 9.10. The number of hydrogen-bond acceptors (Lipinski definition) is 4. The highest BCUT2D eigenvalue weighted by atomic mass is 79.9. The highest BCUT2D eigenvalue weighted by molar-refractivity contribution is 9.10. The summed E-state index contributed by atoms with van der Waals surface area (Å²) in [6.07, 6.45) is 1.48. The van der Waals surface area contributed by atoms with Gasteiger partial charge in [0.1, 0.15) is 11.6 Å². The lowest BCUT2D eigenvalue weighted by Crippen LogP contribution is -2.14. The number of pyridine rings is 1. The van der Waals surface area contributed by atoms with E-state index in [1.165, 1.54) is 18.3 Å². The minimum absolute atomic E-state index is 0.121. The molecule has 0 unspecified atom stereocenters. The van der Waals surface area contributed by atoms with Crippen molar-refractivity contribution in [3.63, 3.8) is 0 Å². The Morgan fingerprint density at radius 2 is 2.21 bits per heavy atom. The molecule has 1 aromatic carbocycles. The van der Waals surface area contributed by atoms with Crippen LogP contribution in [-0.2, 0) is 0 Å². The van der Waals surface area contributed by atoms with Crippen LogP contribution in [0.15, 0.2) is 46.2 Å². The van der Waals surface area contributed by atoms with E-state index in [9.17, 15) is 4.39 Å². The van der Waals surface area contributed by atoms with E-state index in [0.29, 0.717) is 10.0 Å². The summed E-state index contributed by atoms with van der Waals surface area (Å²) >= 11 is 3.16. The average Bonchev–Trinajstić information content (AvgIpc) is 2.37. The molecule has 0 radical (unpaired) electrons. The Bertz CT molecular complexity index is 614. The standard InChI is InChI=1S/C12H9BrFN3O2/c13-7-4-8(14)6-9(5-7)19-12-10(11(15)17-18)2-1-3-16-12/h1-6,18H,(H2,15,17). The molecule has 1 aromatic heterocycles. The molecule has 1 heterocycles. The minimum Gasteiger partial charge on any atom is -0.438 e. The van der Waals surface area contributed by atoms with E-state index in [1.807, 2.05) is 0 Å². The molecular formula is C12H9BrFN3O2. The minimum atomic E-state index is -0.453. The van der Waals surface area contributed by atoms with Crippen LogP contribution in [0.4, 0.5) is 4.39 Å². The molecule has 2 aromatic rings. The summed E-state index contributed by atoms with van der Waals surface area (Å²) in [5, 5.41) is 11.6. The van der Waals surface area contributed by atoms with E-state index in [4.69, 9.17) is 15.7 Å². The van der Waals surface area contributed by atoms with Crippen LogP contribution in [0.25, 0.3) is 0 Å². The maximum absolute atomic E-state index is 13.2. The average molecular weight is 326 g/mol. The summed E-state index contributed by atoms with van der Waals surface area (Å²) in [4.78, 5) is 3.97. The third kappa shape index (κ3) is 3.19. The van der Waals surface area contributed by atoms with Crippen molar-refractivity contribution in [2.45, 2.75) is 0 Å². The van der Waals surface area contributed by atoms with Crippen LogP contribution in [0.2, 0.25) is 0 Å². The fourth-order valence-electron chi connectivity index (χ4n) is 1.42. The lowest BCUT2D eigenvalue weighted by atomic mass is 10.2. The molecule has 98 valence electrons. The van der Waals surface area contributed by atoms with Gasteiger partial charge in [-0.25, -0.2) is 9.37 Å². The van der Waals surface area contributed by atoms with Crippen molar-refractivity contribution < 1.29 is 14.3 Å². The Kier molecular flexibility index (Phi) is 3.96. The quantitative estimate of drug-likeness (QED) is 0.393. The Balaban J connectivity index is 2.38. The Labute approximate surface area is 116 Å². The van der Waals surface area contributed by atoms with Gasteiger partial charge in [0, 0.05) is 16.7 Å². The number of ether oxygens (including phenoxy) is 1. The Morgan fingerprint density at radius 1 is 1.42 bits per heavy atom. The number of hydrogen-bond donors (Lipinski definition) is 2. The van der Waals surface area contributed by atoms with Crippen LogP contribution in [0.5, 0.6) is 11.6 Å². The second kappa shape index (κ2) is 5.66. The zero-order valence-electron chi connectivity index (χ0n) is 9.55. The highest BCUT2D eigenvalue weighted by Crippen LogP contribution is 2.26. The van der Waals surface area contributed by atoms with Gasteiger partial charge >= 0.3 is 0 Å². The molecule has 3 N–H and O–H groups in total. The van der Waals surface area contributed by atoms with Gasteiger partial charge in [0.2, 0.25) is 5.88 Å². The summed E-state index contributed by atoms with van der Waals surface area (Å²) in [6.45, 7) is 0. The van der Waals surface area contributed by atoms with Gasteiger partial charge in [0.05, 0.1) is 5.56 Å². The summed E-state index contributed by atoms with van der Waals surface area (Å²) in [5.74, 6) is -0.225. The number of rotatable bonds is 3. The summed E-state index contributed by atoms with van der Waals surface area (Å²) in [5.41, 5.74) is 5.82. The third-order valence-corrected chi connectivity index (χ3v) is 2.66. The van der Waals surface area contributed by atoms with E-state index >= 15 is 0 Å². The topological polar surface area (TPSA) is 80.7 Å². The van der Waals surface area contributed by atoms with Gasteiger partial charge in [-0.1, -0.05) is 21.1 Å². The van der Waals surface area contributed by atoms with Crippen LogP contribution in [0, 0.1) is 5.82 Å². The number of amidine groups is 1. The van der Waals surface area contributed by atoms with Crippen molar-refractivity contribution in [3.05, 3.63) is 52.4 Å². The molecule has 0 aliphatic rings. The van der Waals surface area contributed by atoms with Crippen LogP contribution in [-0.4, -0.2) is 16.0 Å². The summed E-state index contributed by atoms with van der Waals surface area (Å²) in [7, 11) is 0. The smallest absolute Gasteiger partial charge is 0.230 e. The van der Waals surface area contributed by atoms with E-state index in [0.717, 1.165) is 0 Å². The monoisotopic (exact) mass is 325 g/mol. The van der Waals surface area contributed by atoms with Gasteiger partial charge < -0.3 is 15.7 Å². The van der Waals surface area contributed by atoms with Crippen molar-refractivity contribution in [2.75, 3.05) is 0 Å². The molecular weight excluding hydrogens is 317 g/mol. The number of oxime groups is 1. The van der Waals surface area contributed by atoms with E-state index in [-0.39, 0.29) is 17.5 Å². The summed E-state index contributed by atoms with van der Waals surface area (Å²) in [6, 6.07) is 7.27. The Morgan fingerprint density at radius 3 is 2.89 bits per heavy atom. The molecule has 0 saturated carbocycles. The van der Waals surface area contributed by atoms with Crippen molar-refractivity contribution in [3.8, 4) is 11.6 Å². The molecule has 0 aliphatic carbocycles. The van der Waals surface area contributed by atoms with E-state index in [2.05, 4.69) is 26.1 Å². The van der Waals surface area contributed by atoms with Gasteiger partial charge in [-0.05, 0) is 24.3 Å². The van der Waals surface area contributed by atoms with Crippen LogP contribution >= 0.6 is 15.9 Å². The largest absolute Gasteiger partial charge is 0.438 e. The SMILES string of the molecule is N/C(=N/O)c1cccnc1Oc1cc(F)cc(Br)c1. The number of aromatic nitrogens is 1. The van der Waals surface area contributed by atoms with Crippen molar-refractivity contribution in [2.24, 2.45) is 10.9 Å². The lowest BCUT2D eigenvalue weighted by molar-refractivity contribution is 0.318. The number of benzene rings is 1. The fraction of sp³-hybridized carbons (Fsp3) is 0. The van der Waals surface area contributed by atoms with E-state index in [1.54, 1.807) is 18.2 Å². The molecule has 0 fully saturated rings. The van der Waals surface area contributed by atoms with Gasteiger partial charge in [0.25, 0.3) is 0 Å². The number of nitrogens with zero attached hydrogens (tertiary/aromatic N) is 2. The second-order valence-electron chi connectivity index (χ2n) is 3.55. The molecule has 0 bridgehead atoms. The first-order valence-corrected chi connectivity index (χ1v) is 5.96. The molecule has 0 amide bonds. The molecule has 19 heavy (non-hydrogen) atoms. The molecule has 5 nitrogen and oxygen atoms in total. The molecule has 0 saturated heterocycles. The normalized spacial score (nSPS) is 11.4. The lowest BCUT2D eigenvalue weighted by Gasteiger charge is -2.09. The molecule has 0 spiro atoms. The first kappa shape index (κ1) is 13.3.